The van der Waals surface area contributed by atoms with Crippen molar-refractivity contribution in [1.29, 1.82) is 0 Å². The summed E-state index contributed by atoms with van der Waals surface area (Å²) in [6, 6.07) is 7.78. The zero-order valence-corrected chi connectivity index (χ0v) is 14.9. The lowest BCUT2D eigenvalue weighted by atomic mass is 9.90. The Bertz CT molecular complexity index is 884. The van der Waals surface area contributed by atoms with Crippen LogP contribution >= 0.6 is 11.3 Å². The molecule has 1 aliphatic carbocycles. The third-order valence-corrected chi connectivity index (χ3v) is 5.74. The first-order valence-corrected chi connectivity index (χ1v) is 9.34. The minimum atomic E-state index is -0.0707. The summed E-state index contributed by atoms with van der Waals surface area (Å²) in [7, 11) is 0. The summed E-state index contributed by atoms with van der Waals surface area (Å²) in [5.41, 5.74) is 2.42. The van der Waals surface area contributed by atoms with Crippen molar-refractivity contribution in [3.8, 4) is 0 Å². The molecule has 1 aliphatic rings. The van der Waals surface area contributed by atoms with Gasteiger partial charge in [0.25, 0.3) is 5.91 Å². The Morgan fingerprint density at radius 2 is 2.36 bits per heavy atom. The predicted octanol–water partition coefficient (Wildman–Crippen LogP) is 3.77. The lowest BCUT2D eigenvalue weighted by Gasteiger charge is -2.16. The van der Waals surface area contributed by atoms with Crippen LogP contribution in [0.1, 0.15) is 39.0 Å². The van der Waals surface area contributed by atoms with Crippen LogP contribution in [0.3, 0.4) is 0 Å². The Balaban J connectivity index is 1.43. The second-order valence-electron chi connectivity index (χ2n) is 6.62. The molecule has 0 radical (unpaired) electrons. The van der Waals surface area contributed by atoms with Gasteiger partial charge < -0.3 is 5.32 Å². The molecule has 1 atom stereocenters. The summed E-state index contributed by atoms with van der Waals surface area (Å²) in [5, 5.41) is 7.34. The fourth-order valence-electron chi connectivity index (χ4n) is 3.19. The molecule has 0 aliphatic heterocycles. The average molecular weight is 352 g/mol. The second-order valence-corrected chi connectivity index (χ2v) is 7.76. The zero-order chi connectivity index (χ0) is 17.2. The van der Waals surface area contributed by atoms with Crippen molar-refractivity contribution in [1.82, 2.24) is 14.8 Å². The highest BCUT2D eigenvalue weighted by atomic mass is 32.1. The van der Waals surface area contributed by atoms with Crippen LogP contribution in [0, 0.1) is 5.92 Å². The summed E-state index contributed by atoms with van der Waals surface area (Å²) >= 11 is 1.62. The van der Waals surface area contributed by atoms with E-state index < -0.39 is 0 Å². The van der Waals surface area contributed by atoms with E-state index in [1.54, 1.807) is 22.2 Å². The van der Waals surface area contributed by atoms with E-state index in [-0.39, 0.29) is 5.91 Å². The van der Waals surface area contributed by atoms with Gasteiger partial charge in [-0.05, 0) is 48.4 Å². The van der Waals surface area contributed by atoms with Gasteiger partial charge in [0.15, 0.2) is 5.82 Å². The summed E-state index contributed by atoms with van der Waals surface area (Å²) in [5.74, 6) is 1.22. The number of hydrogen-bond acceptors (Lipinski definition) is 4. The van der Waals surface area contributed by atoms with Gasteiger partial charge >= 0.3 is 0 Å². The van der Waals surface area contributed by atoms with Crippen molar-refractivity contribution in [3.63, 3.8) is 0 Å². The van der Waals surface area contributed by atoms with Gasteiger partial charge in [-0.3, -0.25) is 14.5 Å². The van der Waals surface area contributed by atoms with Gasteiger partial charge in [-0.25, -0.2) is 0 Å². The van der Waals surface area contributed by atoms with Crippen LogP contribution in [0.4, 0.5) is 5.82 Å². The van der Waals surface area contributed by atoms with Crippen molar-refractivity contribution in [2.45, 2.75) is 32.7 Å². The second kappa shape index (κ2) is 6.80. The molecule has 0 fully saturated rings. The van der Waals surface area contributed by atoms with E-state index in [9.17, 15) is 4.79 Å². The Hall–Kier alpha value is -2.47. The Morgan fingerprint density at radius 3 is 3.20 bits per heavy atom. The molecule has 1 unspecified atom stereocenters. The molecule has 0 aromatic carbocycles. The largest absolute Gasteiger partial charge is 0.304 e. The SMILES string of the molecule is CC1CCc2sc(C(=O)Nc3ccn(Cc4cccnc4)n3)cc2C1. The molecule has 0 saturated carbocycles. The Morgan fingerprint density at radius 1 is 1.44 bits per heavy atom. The number of anilines is 1. The number of amides is 1. The number of thiophene rings is 1. The molecule has 0 spiro atoms. The van der Waals surface area contributed by atoms with Gasteiger partial charge in [0, 0.05) is 29.5 Å². The number of carbonyl (C=O) groups is 1. The number of fused-ring (bicyclic) bond motifs is 1. The first kappa shape index (κ1) is 16.0. The summed E-state index contributed by atoms with van der Waals surface area (Å²) < 4.78 is 1.80. The Labute approximate surface area is 150 Å². The summed E-state index contributed by atoms with van der Waals surface area (Å²) in [6.07, 6.45) is 8.82. The van der Waals surface area contributed by atoms with E-state index in [0.29, 0.717) is 18.3 Å². The van der Waals surface area contributed by atoms with Gasteiger partial charge in [0.1, 0.15) is 0 Å². The van der Waals surface area contributed by atoms with Gasteiger partial charge in [-0.15, -0.1) is 11.3 Å². The van der Waals surface area contributed by atoms with Crippen LogP contribution < -0.4 is 5.32 Å². The van der Waals surface area contributed by atoms with Crippen LogP contribution in [0.2, 0.25) is 0 Å². The van der Waals surface area contributed by atoms with Crippen LogP contribution in [-0.4, -0.2) is 20.7 Å². The maximum absolute atomic E-state index is 12.5. The molecule has 0 bridgehead atoms. The van der Waals surface area contributed by atoms with Gasteiger partial charge in [-0.1, -0.05) is 13.0 Å². The normalized spacial score (nSPS) is 16.4. The monoisotopic (exact) mass is 352 g/mol. The standard InChI is InChI=1S/C19H20N4OS/c1-13-4-5-16-15(9-13)10-17(25-16)19(24)21-18-6-8-23(22-18)12-14-3-2-7-20-11-14/h2-3,6-8,10-11,13H,4-5,9,12H2,1H3,(H,21,22,24). The smallest absolute Gasteiger partial charge is 0.266 e. The fourth-order valence-corrected chi connectivity index (χ4v) is 4.29. The summed E-state index contributed by atoms with van der Waals surface area (Å²) in [4.78, 5) is 18.8. The molecule has 6 heteroatoms. The van der Waals surface area contributed by atoms with E-state index in [4.69, 9.17) is 0 Å². The number of aromatic nitrogens is 3. The molecule has 1 N–H and O–H groups in total. The van der Waals surface area contributed by atoms with E-state index in [1.807, 2.05) is 30.6 Å². The van der Waals surface area contributed by atoms with Crippen LogP contribution in [0.15, 0.2) is 42.9 Å². The minimum Gasteiger partial charge on any atom is -0.304 e. The highest BCUT2D eigenvalue weighted by molar-refractivity contribution is 7.14. The minimum absolute atomic E-state index is 0.0707. The molecule has 0 saturated heterocycles. The maximum Gasteiger partial charge on any atom is 0.266 e. The molecule has 3 aromatic heterocycles. The molecular weight excluding hydrogens is 332 g/mol. The molecule has 1 amide bonds. The first-order valence-electron chi connectivity index (χ1n) is 8.52. The first-order chi connectivity index (χ1) is 12.2. The van der Waals surface area contributed by atoms with E-state index in [0.717, 1.165) is 23.3 Å². The zero-order valence-electron chi connectivity index (χ0n) is 14.1. The quantitative estimate of drug-likeness (QED) is 0.778. The highest BCUT2D eigenvalue weighted by Crippen LogP contribution is 2.32. The number of pyridine rings is 1. The molecular formula is C19H20N4OS. The van der Waals surface area contributed by atoms with Crippen molar-refractivity contribution in [3.05, 3.63) is 63.7 Å². The number of nitrogens with one attached hydrogen (secondary N) is 1. The van der Waals surface area contributed by atoms with Crippen LogP contribution in [0.5, 0.6) is 0 Å². The number of aryl methyl sites for hydroxylation is 1. The maximum atomic E-state index is 12.5. The molecule has 128 valence electrons. The number of carbonyl (C=O) groups excluding carboxylic acids is 1. The summed E-state index contributed by atoms with van der Waals surface area (Å²) in [6.45, 7) is 2.91. The fraction of sp³-hybridized carbons (Fsp3) is 0.316. The lowest BCUT2D eigenvalue weighted by Crippen LogP contribution is -2.11. The highest BCUT2D eigenvalue weighted by Gasteiger charge is 2.21. The molecule has 4 rings (SSSR count). The van der Waals surface area contributed by atoms with Crippen LogP contribution in [0.25, 0.3) is 0 Å². The van der Waals surface area contributed by atoms with Crippen molar-refractivity contribution in [2.24, 2.45) is 5.92 Å². The van der Waals surface area contributed by atoms with Gasteiger partial charge in [0.2, 0.25) is 0 Å². The van der Waals surface area contributed by atoms with Gasteiger partial charge in [0.05, 0.1) is 11.4 Å². The van der Waals surface area contributed by atoms with E-state index >= 15 is 0 Å². The number of rotatable bonds is 4. The third-order valence-electron chi connectivity index (χ3n) is 4.50. The van der Waals surface area contributed by atoms with E-state index in [1.165, 1.54) is 16.9 Å². The number of hydrogen-bond donors (Lipinski definition) is 1. The van der Waals surface area contributed by atoms with Crippen molar-refractivity contribution < 1.29 is 4.79 Å². The van der Waals surface area contributed by atoms with Crippen molar-refractivity contribution >= 4 is 23.1 Å². The van der Waals surface area contributed by atoms with Crippen molar-refractivity contribution in [2.75, 3.05) is 5.32 Å². The average Bonchev–Trinajstić information content (AvgIpc) is 3.22. The van der Waals surface area contributed by atoms with Gasteiger partial charge in [-0.2, -0.15) is 5.10 Å². The number of nitrogens with zero attached hydrogens (tertiary/aromatic N) is 3. The Kier molecular flexibility index (Phi) is 4.36. The molecule has 25 heavy (non-hydrogen) atoms. The molecule has 5 nitrogen and oxygen atoms in total. The lowest BCUT2D eigenvalue weighted by molar-refractivity contribution is 0.103. The van der Waals surface area contributed by atoms with E-state index in [2.05, 4.69) is 28.4 Å². The molecule has 3 aromatic rings. The molecule has 3 heterocycles. The van der Waals surface area contributed by atoms with Crippen LogP contribution in [-0.2, 0) is 19.4 Å². The third kappa shape index (κ3) is 3.64. The predicted molar refractivity (Wildman–Crippen MR) is 99.0 cm³/mol. The topological polar surface area (TPSA) is 59.8 Å².